The van der Waals surface area contributed by atoms with Gasteiger partial charge in [-0.3, -0.25) is 9.59 Å². The van der Waals surface area contributed by atoms with Crippen molar-refractivity contribution in [1.82, 2.24) is 9.62 Å². The molecule has 2 rings (SSSR count). The van der Waals surface area contributed by atoms with E-state index in [9.17, 15) is 18.0 Å². The second kappa shape index (κ2) is 9.88. The zero-order valence-electron chi connectivity index (χ0n) is 14.9. The summed E-state index contributed by atoms with van der Waals surface area (Å²) >= 11 is 11.5. The number of sulfonamides is 1. The predicted molar refractivity (Wildman–Crippen MR) is 106 cm³/mol. The number of nitrogens with one attached hydrogen (secondary N) is 1. The standard InChI is InChI=1S/C18H18Cl2N2O5S/c1-22(11-13-5-3-2-4-6-13)17(23)12-27-18(24)10-21-28(25,26)14-7-8-15(19)16(20)9-14/h2-9,21H,10-12H2,1H3. The second-order valence-corrected chi connectivity index (χ2v) is 8.38. The predicted octanol–water partition coefficient (Wildman–Crippen LogP) is 2.47. The van der Waals surface area contributed by atoms with E-state index in [0.717, 1.165) is 5.56 Å². The lowest BCUT2D eigenvalue weighted by Crippen LogP contribution is -2.34. The number of benzene rings is 2. The SMILES string of the molecule is CN(Cc1ccccc1)C(=O)COC(=O)CNS(=O)(=O)c1ccc(Cl)c(Cl)c1. The van der Waals surface area contributed by atoms with Gasteiger partial charge in [0, 0.05) is 13.6 Å². The van der Waals surface area contributed by atoms with Crippen molar-refractivity contribution in [3.05, 3.63) is 64.1 Å². The van der Waals surface area contributed by atoms with Crippen molar-refractivity contribution < 1.29 is 22.7 Å². The number of esters is 1. The van der Waals surface area contributed by atoms with Crippen LogP contribution in [0.2, 0.25) is 10.0 Å². The number of rotatable bonds is 8. The molecule has 0 heterocycles. The number of carbonyl (C=O) groups is 2. The molecule has 0 bridgehead atoms. The van der Waals surface area contributed by atoms with E-state index < -0.39 is 35.1 Å². The van der Waals surface area contributed by atoms with Crippen LogP contribution in [-0.2, 0) is 30.9 Å². The molecule has 0 radical (unpaired) electrons. The first-order chi connectivity index (χ1) is 13.2. The maximum atomic E-state index is 12.2. The summed E-state index contributed by atoms with van der Waals surface area (Å²) < 4.78 is 31.2. The summed E-state index contributed by atoms with van der Waals surface area (Å²) in [4.78, 5) is 25.0. The minimum atomic E-state index is -3.98. The highest BCUT2D eigenvalue weighted by Crippen LogP contribution is 2.24. The summed E-state index contributed by atoms with van der Waals surface area (Å²) in [6.45, 7) is -0.754. The van der Waals surface area contributed by atoms with Gasteiger partial charge < -0.3 is 9.64 Å². The van der Waals surface area contributed by atoms with Crippen molar-refractivity contribution in [1.29, 1.82) is 0 Å². The molecule has 2 aromatic rings. The lowest BCUT2D eigenvalue weighted by atomic mass is 10.2. The Balaban J connectivity index is 1.81. The van der Waals surface area contributed by atoms with Crippen LogP contribution >= 0.6 is 23.2 Å². The van der Waals surface area contributed by atoms with Crippen molar-refractivity contribution in [2.75, 3.05) is 20.2 Å². The van der Waals surface area contributed by atoms with Crippen LogP contribution in [0.25, 0.3) is 0 Å². The summed E-state index contributed by atoms with van der Waals surface area (Å²) in [5.74, 6) is -1.30. The van der Waals surface area contributed by atoms with Crippen molar-refractivity contribution in [2.45, 2.75) is 11.4 Å². The maximum absolute atomic E-state index is 12.2. The van der Waals surface area contributed by atoms with E-state index in [2.05, 4.69) is 4.72 Å². The number of nitrogens with zero attached hydrogens (tertiary/aromatic N) is 1. The maximum Gasteiger partial charge on any atom is 0.321 e. The zero-order chi connectivity index (χ0) is 20.7. The summed E-state index contributed by atoms with van der Waals surface area (Å²) in [6.07, 6.45) is 0. The fourth-order valence-corrected chi connectivity index (χ4v) is 3.49. The molecule has 1 N–H and O–H groups in total. The van der Waals surface area contributed by atoms with Crippen LogP contribution in [0.4, 0.5) is 0 Å². The van der Waals surface area contributed by atoms with Gasteiger partial charge in [-0.1, -0.05) is 53.5 Å². The largest absolute Gasteiger partial charge is 0.455 e. The molecule has 0 aliphatic carbocycles. The number of amides is 1. The molecule has 2 aromatic carbocycles. The Bertz CT molecular complexity index is 952. The van der Waals surface area contributed by atoms with Gasteiger partial charge in [0.2, 0.25) is 10.0 Å². The molecule has 1 amide bonds. The molecule has 0 aliphatic rings. The van der Waals surface area contributed by atoms with Gasteiger partial charge in [0.25, 0.3) is 5.91 Å². The Morgan fingerprint density at radius 1 is 1.07 bits per heavy atom. The van der Waals surface area contributed by atoms with E-state index in [1.807, 2.05) is 30.3 Å². The Labute approximate surface area is 173 Å². The second-order valence-electron chi connectivity index (χ2n) is 5.80. The molecule has 28 heavy (non-hydrogen) atoms. The molecular weight excluding hydrogens is 427 g/mol. The first kappa shape index (κ1) is 22.2. The van der Waals surface area contributed by atoms with Gasteiger partial charge in [-0.05, 0) is 23.8 Å². The van der Waals surface area contributed by atoms with E-state index in [0.29, 0.717) is 6.54 Å². The summed E-state index contributed by atoms with van der Waals surface area (Å²) in [6, 6.07) is 13.1. The summed E-state index contributed by atoms with van der Waals surface area (Å²) in [5, 5.41) is 0.275. The van der Waals surface area contributed by atoms with Crippen LogP contribution < -0.4 is 4.72 Å². The molecule has 0 saturated heterocycles. The molecule has 0 aromatic heterocycles. The third-order valence-electron chi connectivity index (χ3n) is 3.65. The van der Waals surface area contributed by atoms with Gasteiger partial charge in [0.1, 0.15) is 6.54 Å². The third-order valence-corrected chi connectivity index (χ3v) is 5.79. The minimum Gasteiger partial charge on any atom is -0.455 e. The molecule has 150 valence electrons. The third kappa shape index (κ3) is 6.49. The van der Waals surface area contributed by atoms with Crippen LogP contribution in [0.3, 0.4) is 0 Å². The Morgan fingerprint density at radius 2 is 1.75 bits per heavy atom. The van der Waals surface area contributed by atoms with Gasteiger partial charge in [0.15, 0.2) is 6.61 Å². The van der Waals surface area contributed by atoms with Gasteiger partial charge in [-0.15, -0.1) is 0 Å². The number of carbonyl (C=O) groups excluding carboxylic acids is 2. The number of halogens is 2. The molecule has 0 saturated carbocycles. The van der Waals surface area contributed by atoms with E-state index in [-0.39, 0.29) is 14.9 Å². The highest BCUT2D eigenvalue weighted by atomic mass is 35.5. The number of ether oxygens (including phenoxy) is 1. The minimum absolute atomic E-state index is 0.0687. The lowest BCUT2D eigenvalue weighted by Gasteiger charge is -2.17. The monoisotopic (exact) mass is 444 g/mol. The smallest absolute Gasteiger partial charge is 0.321 e. The molecule has 0 fully saturated rings. The molecule has 0 atom stereocenters. The van der Waals surface area contributed by atoms with E-state index >= 15 is 0 Å². The molecule has 10 heteroatoms. The fraction of sp³-hybridized carbons (Fsp3) is 0.222. The van der Waals surface area contributed by atoms with E-state index in [1.165, 1.54) is 23.1 Å². The van der Waals surface area contributed by atoms with E-state index in [1.54, 1.807) is 7.05 Å². The number of likely N-dealkylation sites (N-methyl/N-ethyl adjacent to an activating group) is 1. The van der Waals surface area contributed by atoms with Crippen molar-refractivity contribution >= 4 is 45.1 Å². The topological polar surface area (TPSA) is 92.8 Å². The average molecular weight is 445 g/mol. The Morgan fingerprint density at radius 3 is 2.39 bits per heavy atom. The van der Waals surface area contributed by atoms with Crippen LogP contribution in [-0.4, -0.2) is 45.4 Å². The van der Waals surface area contributed by atoms with Gasteiger partial charge in [0.05, 0.1) is 14.9 Å². The van der Waals surface area contributed by atoms with Crippen molar-refractivity contribution in [3.63, 3.8) is 0 Å². The number of hydrogen-bond acceptors (Lipinski definition) is 5. The van der Waals surface area contributed by atoms with E-state index in [4.69, 9.17) is 27.9 Å². The van der Waals surface area contributed by atoms with Crippen LogP contribution in [0.15, 0.2) is 53.4 Å². The molecule has 7 nitrogen and oxygen atoms in total. The normalized spacial score (nSPS) is 11.1. The molecular formula is C18H18Cl2N2O5S. The lowest BCUT2D eigenvalue weighted by molar-refractivity contribution is -0.150. The summed E-state index contributed by atoms with van der Waals surface area (Å²) in [5.41, 5.74) is 0.930. The van der Waals surface area contributed by atoms with Crippen molar-refractivity contribution in [3.8, 4) is 0 Å². The average Bonchev–Trinajstić information content (AvgIpc) is 2.67. The molecule has 0 unspecified atom stereocenters. The molecule has 0 spiro atoms. The molecule has 0 aliphatic heterocycles. The first-order valence-electron chi connectivity index (χ1n) is 8.07. The van der Waals surface area contributed by atoms with Gasteiger partial charge >= 0.3 is 5.97 Å². The highest BCUT2D eigenvalue weighted by Gasteiger charge is 2.18. The van der Waals surface area contributed by atoms with Crippen LogP contribution in [0, 0.1) is 0 Å². The van der Waals surface area contributed by atoms with Gasteiger partial charge in [-0.25, -0.2) is 8.42 Å². The van der Waals surface area contributed by atoms with Crippen LogP contribution in [0.1, 0.15) is 5.56 Å². The van der Waals surface area contributed by atoms with Gasteiger partial charge in [-0.2, -0.15) is 4.72 Å². The number of hydrogen-bond donors (Lipinski definition) is 1. The zero-order valence-corrected chi connectivity index (χ0v) is 17.2. The quantitative estimate of drug-likeness (QED) is 0.631. The fourth-order valence-electron chi connectivity index (χ4n) is 2.13. The first-order valence-corrected chi connectivity index (χ1v) is 10.3. The van der Waals surface area contributed by atoms with Crippen LogP contribution in [0.5, 0.6) is 0 Å². The highest BCUT2D eigenvalue weighted by molar-refractivity contribution is 7.89. The Kier molecular flexibility index (Phi) is 7.82. The van der Waals surface area contributed by atoms with Crippen molar-refractivity contribution in [2.24, 2.45) is 0 Å². The Hall–Kier alpha value is -2.13. The summed E-state index contributed by atoms with van der Waals surface area (Å²) in [7, 11) is -2.40.